The second-order valence-electron chi connectivity index (χ2n) is 4.12. The number of hydrogen-bond donors (Lipinski definition) is 1. The first-order valence-electron chi connectivity index (χ1n) is 6.03. The maximum absolute atomic E-state index is 12.1. The van der Waals surface area contributed by atoms with E-state index in [2.05, 4.69) is 4.98 Å². The molecule has 0 bridgehead atoms. The first kappa shape index (κ1) is 13.0. The molecule has 2 aromatic rings. The van der Waals surface area contributed by atoms with Gasteiger partial charge in [0, 0.05) is 18.3 Å². The van der Waals surface area contributed by atoms with E-state index in [1.165, 1.54) is 4.57 Å². The van der Waals surface area contributed by atoms with Gasteiger partial charge in [0.15, 0.2) is 0 Å². The molecule has 1 aromatic heterocycles. The fourth-order valence-electron chi connectivity index (χ4n) is 1.89. The van der Waals surface area contributed by atoms with Crippen LogP contribution in [0, 0.1) is 0 Å². The quantitative estimate of drug-likeness (QED) is 0.910. The fraction of sp³-hybridized carbons (Fsp3) is 0.214. The topological polar surface area (TPSA) is 72.2 Å². The third-order valence-electron chi connectivity index (χ3n) is 2.76. The summed E-state index contributed by atoms with van der Waals surface area (Å²) in [6.45, 7) is 2.37. The van der Waals surface area contributed by atoms with Crippen LogP contribution >= 0.6 is 0 Å². The molecule has 0 aliphatic heterocycles. The normalized spacial score (nSPS) is 10.4. The predicted molar refractivity (Wildman–Crippen MR) is 71.2 cm³/mol. The highest BCUT2D eigenvalue weighted by atomic mass is 16.4. The average Bonchev–Trinajstić information content (AvgIpc) is 2.41. The van der Waals surface area contributed by atoms with Crippen LogP contribution in [0.2, 0.25) is 0 Å². The number of rotatable bonds is 4. The molecule has 0 unspecified atom stereocenters. The number of hydrogen-bond acceptors (Lipinski definition) is 3. The van der Waals surface area contributed by atoms with Crippen molar-refractivity contribution >= 4 is 5.97 Å². The van der Waals surface area contributed by atoms with Crippen LogP contribution in [0.3, 0.4) is 0 Å². The summed E-state index contributed by atoms with van der Waals surface area (Å²) < 4.78 is 1.42. The van der Waals surface area contributed by atoms with Gasteiger partial charge in [-0.1, -0.05) is 37.3 Å². The van der Waals surface area contributed by atoms with Crippen molar-refractivity contribution in [2.24, 2.45) is 0 Å². The van der Waals surface area contributed by atoms with Crippen molar-refractivity contribution in [2.75, 3.05) is 0 Å². The van der Waals surface area contributed by atoms with Crippen LogP contribution in [0.15, 0.2) is 41.3 Å². The minimum absolute atomic E-state index is 0.298. The Morgan fingerprint density at radius 2 is 2.00 bits per heavy atom. The Bertz CT molecular complexity index is 647. The monoisotopic (exact) mass is 258 g/mol. The number of benzene rings is 1. The summed E-state index contributed by atoms with van der Waals surface area (Å²) >= 11 is 0. The minimum Gasteiger partial charge on any atom is -0.477 e. The molecule has 5 heteroatoms. The van der Waals surface area contributed by atoms with E-state index in [9.17, 15) is 9.59 Å². The van der Waals surface area contributed by atoms with Crippen molar-refractivity contribution in [3.8, 4) is 11.4 Å². The van der Waals surface area contributed by atoms with Crippen LogP contribution in [-0.2, 0) is 6.54 Å². The Balaban J connectivity index is 2.66. The van der Waals surface area contributed by atoms with Gasteiger partial charge in [-0.3, -0.25) is 9.36 Å². The van der Waals surface area contributed by atoms with Gasteiger partial charge in [0.05, 0.1) is 0 Å². The Kier molecular flexibility index (Phi) is 3.75. The van der Waals surface area contributed by atoms with E-state index >= 15 is 0 Å². The molecule has 98 valence electrons. The Labute approximate surface area is 110 Å². The summed E-state index contributed by atoms with van der Waals surface area (Å²) in [6.07, 6.45) is 1.85. The first-order valence-corrected chi connectivity index (χ1v) is 6.03. The molecule has 2 rings (SSSR count). The Hall–Kier alpha value is -2.43. The van der Waals surface area contributed by atoms with Gasteiger partial charge < -0.3 is 5.11 Å². The van der Waals surface area contributed by atoms with Crippen molar-refractivity contribution < 1.29 is 9.90 Å². The summed E-state index contributed by atoms with van der Waals surface area (Å²) in [5.41, 5.74) is -0.0127. The van der Waals surface area contributed by atoms with Gasteiger partial charge >= 0.3 is 5.97 Å². The zero-order chi connectivity index (χ0) is 13.8. The molecule has 0 aliphatic carbocycles. The highest BCUT2D eigenvalue weighted by Crippen LogP contribution is 2.15. The van der Waals surface area contributed by atoms with Crippen LogP contribution < -0.4 is 5.56 Å². The highest BCUT2D eigenvalue weighted by Gasteiger charge is 2.15. The van der Waals surface area contributed by atoms with Gasteiger partial charge in [0.2, 0.25) is 0 Å². The molecular formula is C14H14N2O3. The van der Waals surface area contributed by atoms with Crippen molar-refractivity contribution in [3.05, 3.63) is 52.4 Å². The van der Waals surface area contributed by atoms with Crippen molar-refractivity contribution in [1.29, 1.82) is 0 Å². The number of carboxylic acid groups (broad SMARTS) is 1. The van der Waals surface area contributed by atoms with Gasteiger partial charge in [-0.05, 0) is 6.42 Å². The average molecular weight is 258 g/mol. The summed E-state index contributed by atoms with van der Waals surface area (Å²) in [5, 5.41) is 8.97. The SMILES string of the molecule is CCCn1c(-c2ccccc2)ncc(C(=O)O)c1=O. The maximum Gasteiger partial charge on any atom is 0.342 e. The minimum atomic E-state index is -1.25. The van der Waals surface area contributed by atoms with Gasteiger partial charge in [0.1, 0.15) is 11.4 Å². The van der Waals surface area contributed by atoms with Crippen LogP contribution in [0.1, 0.15) is 23.7 Å². The van der Waals surface area contributed by atoms with Crippen LogP contribution in [0.5, 0.6) is 0 Å². The molecule has 1 aromatic carbocycles. The lowest BCUT2D eigenvalue weighted by Gasteiger charge is -2.11. The van der Waals surface area contributed by atoms with Crippen LogP contribution in [0.4, 0.5) is 0 Å². The Morgan fingerprint density at radius 3 is 2.58 bits per heavy atom. The molecule has 0 fully saturated rings. The summed E-state index contributed by atoms with van der Waals surface area (Å²) in [6, 6.07) is 9.26. The highest BCUT2D eigenvalue weighted by molar-refractivity contribution is 5.86. The molecule has 0 aliphatic rings. The molecule has 5 nitrogen and oxygen atoms in total. The largest absolute Gasteiger partial charge is 0.477 e. The smallest absolute Gasteiger partial charge is 0.342 e. The number of nitrogens with zero attached hydrogens (tertiary/aromatic N) is 2. The lowest BCUT2D eigenvalue weighted by atomic mass is 10.2. The van der Waals surface area contributed by atoms with Gasteiger partial charge in [0.25, 0.3) is 5.56 Å². The molecule has 1 heterocycles. The number of aromatic nitrogens is 2. The van der Waals surface area contributed by atoms with E-state index in [0.717, 1.165) is 18.2 Å². The first-order chi connectivity index (χ1) is 9.15. The van der Waals surface area contributed by atoms with Gasteiger partial charge in [-0.2, -0.15) is 0 Å². The predicted octanol–water partition coefficient (Wildman–Crippen LogP) is 2.02. The number of carboxylic acids is 1. The van der Waals surface area contributed by atoms with E-state index in [1.54, 1.807) is 0 Å². The van der Waals surface area contributed by atoms with Crippen molar-refractivity contribution in [3.63, 3.8) is 0 Å². The molecule has 0 radical (unpaired) electrons. The lowest BCUT2D eigenvalue weighted by Crippen LogP contribution is -2.28. The second-order valence-corrected chi connectivity index (χ2v) is 4.12. The van der Waals surface area contributed by atoms with E-state index in [0.29, 0.717) is 12.4 Å². The lowest BCUT2D eigenvalue weighted by molar-refractivity contribution is 0.0693. The Morgan fingerprint density at radius 1 is 1.32 bits per heavy atom. The van der Waals surface area contributed by atoms with Crippen LogP contribution in [0.25, 0.3) is 11.4 Å². The standard InChI is InChI=1S/C14H14N2O3/c1-2-8-16-12(10-6-4-3-5-7-10)15-9-11(13(16)17)14(18)19/h3-7,9H,2,8H2,1H3,(H,18,19). The van der Waals surface area contributed by atoms with E-state index in [-0.39, 0.29) is 5.56 Å². The van der Waals surface area contributed by atoms with E-state index < -0.39 is 11.5 Å². The zero-order valence-corrected chi connectivity index (χ0v) is 10.5. The third kappa shape index (κ3) is 2.54. The summed E-state index contributed by atoms with van der Waals surface area (Å²) in [7, 11) is 0. The fourth-order valence-corrected chi connectivity index (χ4v) is 1.89. The van der Waals surface area contributed by atoms with E-state index in [4.69, 9.17) is 5.11 Å². The summed E-state index contributed by atoms with van der Waals surface area (Å²) in [5.74, 6) is -0.751. The van der Waals surface area contributed by atoms with E-state index in [1.807, 2.05) is 37.3 Å². The molecule has 0 spiro atoms. The molecule has 0 saturated heterocycles. The van der Waals surface area contributed by atoms with Crippen molar-refractivity contribution in [1.82, 2.24) is 9.55 Å². The molecule has 1 N–H and O–H groups in total. The molecular weight excluding hydrogens is 244 g/mol. The third-order valence-corrected chi connectivity index (χ3v) is 2.76. The van der Waals surface area contributed by atoms with Gasteiger partial charge in [-0.25, -0.2) is 9.78 Å². The maximum atomic E-state index is 12.1. The number of aromatic carboxylic acids is 1. The molecule has 19 heavy (non-hydrogen) atoms. The molecule has 0 atom stereocenters. The van der Waals surface area contributed by atoms with Gasteiger partial charge in [-0.15, -0.1) is 0 Å². The van der Waals surface area contributed by atoms with Crippen LogP contribution in [-0.4, -0.2) is 20.6 Å². The van der Waals surface area contributed by atoms with Crippen molar-refractivity contribution in [2.45, 2.75) is 19.9 Å². The second kappa shape index (κ2) is 5.48. The molecule has 0 saturated carbocycles. The molecule has 0 amide bonds. The zero-order valence-electron chi connectivity index (χ0n) is 10.5. The number of carbonyl (C=O) groups is 1. The summed E-state index contributed by atoms with van der Waals surface area (Å²) in [4.78, 5) is 27.2.